The summed E-state index contributed by atoms with van der Waals surface area (Å²) >= 11 is 3.94. The number of thioether (sulfide) groups is 2. The molecule has 2 rings (SSSR count). The lowest BCUT2D eigenvalue weighted by atomic mass is 10.1. The first-order valence-electron chi connectivity index (χ1n) is 5.03. The Kier molecular flexibility index (Phi) is 3.46. The van der Waals surface area contributed by atoms with Crippen molar-refractivity contribution in [1.82, 2.24) is 0 Å². The van der Waals surface area contributed by atoms with E-state index in [0.29, 0.717) is 12.0 Å². The molecule has 1 saturated heterocycles. The molecule has 0 atom stereocenters. The van der Waals surface area contributed by atoms with Crippen molar-refractivity contribution in [3.63, 3.8) is 0 Å². The van der Waals surface area contributed by atoms with E-state index in [9.17, 15) is 4.79 Å². The summed E-state index contributed by atoms with van der Waals surface area (Å²) in [5.41, 5.74) is 0.701. The Morgan fingerprint density at radius 2 is 2.27 bits per heavy atom. The Morgan fingerprint density at radius 3 is 2.87 bits per heavy atom. The first kappa shape index (κ1) is 11.1. The zero-order valence-electron chi connectivity index (χ0n) is 8.69. The van der Waals surface area contributed by atoms with Crippen LogP contribution in [-0.4, -0.2) is 21.4 Å². The van der Waals surface area contributed by atoms with Crippen molar-refractivity contribution < 1.29 is 9.21 Å². The number of hydrogen-bond donors (Lipinski definition) is 0. The standard InChI is InChI=1S/C11H14O2S2/c1-11(14-6-7-15-11)4-2-10(12)9-3-5-13-8-9/h3,5,8H,2,4,6-7H2,1H3. The molecule has 0 radical (unpaired) electrons. The van der Waals surface area contributed by atoms with Crippen molar-refractivity contribution in [3.05, 3.63) is 24.2 Å². The minimum Gasteiger partial charge on any atom is -0.472 e. The van der Waals surface area contributed by atoms with Gasteiger partial charge in [0, 0.05) is 17.9 Å². The van der Waals surface area contributed by atoms with Crippen LogP contribution in [0.15, 0.2) is 23.0 Å². The van der Waals surface area contributed by atoms with Crippen LogP contribution in [0, 0.1) is 0 Å². The molecular formula is C11H14O2S2. The zero-order valence-corrected chi connectivity index (χ0v) is 10.3. The molecule has 0 unspecified atom stereocenters. The van der Waals surface area contributed by atoms with Gasteiger partial charge in [0.1, 0.15) is 6.26 Å². The van der Waals surface area contributed by atoms with Gasteiger partial charge in [0.25, 0.3) is 0 Å². The van der Waals surface area contributed by atoms with Gasteiger partial charge in [0.2, 0.25) is 0 Å². The average molecular weight is 242 g/mol. The van der Waals surface area contributed by atoms with E-state index in [2.05, 4.69) is 6.92 Å². The van der Waals surface area contributed by atoms with E-state index in [0.717, 1.165) is 6.42 Å². The highest BCUT2D eigenvalue weighted by Gasteiger charge is 2.30. The molecule has 1 aliphatic rings. The number of rotatable bonds is 4. The van der Waals surface area contributed by atoms with Crippen LogP contribution < -0.4 is 0 Å². The van der Waals surface area contributed by atoms with Gasteiger partial charge in [-0.05, 0) is 19.4 Å². The van der Waals surface area contributed by atoms with Crippen LogP contribution in [0.25, 0.3) is 0 Å². The summed E-state index contributed by atoms with van der Waals surface area (Å²) in [6.45, 7) is 2.23. The molecule has 0 aromatic carbocycles. The molecule has 15 heavy (non-hydrogen) atoms. The first-order valence-corrected chi connectivity index (χ1v) is 7.00. The van der Waals surface area contributed by atoms with E-state index >= 15 is 0 Å². The molecule has 1 aliphatic heterocycles. The van der Waals surface area contributed by atoms with Crippen LogP contribution in [0.2, 0.25) is 0 Å². The van der Waals surface area contributed by atoms with E-state index in [1.807, 2.05) is 23.5 Å². The lowest BCUT2D eigenvalue weighted by Crippen LogP contribution is -2.13. The summed E-state index contributed by atoms with van der Waals surface area (Å²) in [6, 6.07) is 1.74. The van der Waals surface area contributed by atoms with Crippen molar-refractivity contribution in [3.8, 4) is 0 Å². The highest BCUT2D eigenvalue weighted by Crippen LogP contribution is 2.46. The molecular weight excluding hydrogens is 228 g/mol. The van der Waals surface area contributed by atoms with Crippen LogP contribution >= 0.6 is 23.5 Å². The minimum atomic E-state index is 0.193. The average Bonchev–Trinajstić information content (AvgIpc) is 2.85. The van der Waals surface area contributed by atoms with Crippen molar-refractivity contribution in [2.24, 2.45) is 0 Å². The molecule has 1 aromatic heterocycles. The van der Waals surface area contributed by atoms with Gasteiger partial charge in [-0.25, -0.2) is 0 Å². The van der Waals surface area contributed by atoms with Gasteiger partial charge < -0.3 is 4.42 Å². The predicted molar refractivity (Wildman–Crippen MR) is 65.6 cm³/mol. The number of carbonyl (C=O) groups is 1. The lowest BCUT2D eigenvalue weighted by Gasteiger charge is -2.20. The molecule has 4 heteroatoms. The summed E-state index contributed by atoms with van der Waals surface area (Å²) in [6.07, 6.45) is 4.65. The molecule has 2 heterocycles. The molecule has 1 aromatic rings. The highest BCUT2D eigenvalue weighted by atomic mass is 32.2. The maximum absolute atomic E-state index is 11.7. The molecule has 0 N–H and O–H groups in total. The lowest BCUT2D eigenvalue weighted by molar-refractivity contribution is 0.0979. The summed E-state index contributed by atoms with van der Waals surface area (Å²) in [5, 5.41) is 0. The van der Waals surface area contributed by atoms with Gasteiger partial charge >= 0.3 is 0 Å². The van der Waals surface area contributed by atoms with Crippen molar-refractivity contribution in [2.75, 3.05) is 11.5 Å². The summed E-state index contributed by atoms with van der Waals surface area (Å²) < 4.78 is 5.15. The molecule has 82 valence electrons. The van der Waals surface area contributed by atoms with E-state index in [1.54, 1.807) is 12.3 Å². The smallest absolute Gasteiger partial charge is 0.166 e. The predicted octanol–water partition coefficient (Wildman–Crippen LogP) is 3.44. The maximum Gasteiger partial charge on any atom is 0.166 e. The summed E-state index contributed by atoms with van der Waals surface area (Å²) in [4.78, 5) is 11.7. The fraction of sp³-hybridized carbons (Fsp3) is 0.545. The summed E-state index contributed by atoms with van der Waals surface area (Å²) in [5.74, 6) is 2.61. The van der Waals surface area contributed by atoms with E-state index in [-0.39, 0.29) is 9.86 Å². The third-order valence-electron chi connectivity index (χ3n) is 2.55. The van der Waals surface area contributed by atoms with Crippen LogP contribution in [0.3, 0.4) is 0 Å². The SMILES string of the molecule is CC1(CCC(=O)c2ccoc2)SCCS1. The maximum atomic E-state index is 11.7. The highest BCUT2D eigenvalue weighted by molar-refractivity contribution is 8.21. The number of ketones is 1. The number of Topliss-reactive ketones (excluding diaryl/α,β-unsaturated/α-hetero) is 1. The molecule has 0 aliphatic carbocycles. The number of hydrogen-bond acceptors (Lipinski definition) is 4. The van der Waals surface area contributed by atoms with Gasteiger partial charge in [0.05, 0.1) is 15.9 Å². The molecule has 0 amide bonds. The van der Waals surface area contributed by atoms with E-state index < -0.39 is 0 Å². The Balaban J connectivity index is 1.85. The van der Waals surface area contributed by atoms with E-state index in [4.69, 9.17) is 4.42 Å². The third kappa shape index (κ3) is 2.82. The van der Waals surface area contributed by atoms with Gasteiger partial charge in [-0.3, -0.25) is 4.79 Å². The fourth-order valence-corrected chi connectivity index (χ4v) is 4.47. The number of furan rings is 1. The van der Waals surface area contributed by atoms with Crippen LogP contribution in [0.4, 0.5) is 0 Å². The second-order valence-electron chi connectivity index (χ2n) is 3.77. The topological polar surface area (TPSA) is 30.2 Å². The van der Waals surface area contributed by atoms with Gasteiger partial charge in [0.15, 0.2) is 5.78 Å². The van der Waals surface area contributed by atoms with Crippen LogP contribution in [0.5, 0.6) is 0 Å². The van der Waals surface area contributed by atoms with Gasteiger partial charge in [-0.2, -0.15) is 0 Å². The quantitative estimate of drug-likeness (QED) is 0.757. The van der Waals surface area contributed by atoms with Crippen LogP contribution in [0.1, 0.15) is 30.1 Å². The van der Waals surface area contributed by atoms with Crippen molar-refractivity contribution in [2.45, 2.75) is 23.8 Å². The van der Waals surface area contributed by atoms with E-state index in [1.165, 1.54) is 17.8 Å². The minimum absolute atomic E-state index is 0.193. The van der Waals surface area contributed by atoms with Crippen molar-refractivity contribution >= 4 is 29.3 Å². The summed E-state index contributed by atoms with van der Waals surface area (Å²) in [7, 11) is 0. The zero-order chi connectivity index (χ0) is 10.7. The van der Waals surface area contributed by atoms with Crippen molar-refractivity contribution in [1.29, 1.82) is 0 Å². The monoisotopic (exact) mass is 242 g/mol. The second-order valence-corrected chi connectivity index (χ2v) is 7.22. The van der Waals surface area contributed by atoms with Gasteiger partial charge in [-0.1, -0.05) is 0 Å². The Morgan fingerprint density at radius 1 is 1.53 bits per heavy atom. The second kappa shape index (κ2) is 4.66. The normalized spacial score (nSPS) is 19.3. The number of carbonyl (C=O) groups excluding carboxylic acids is 1. The third-order valence-corrected chi connectivity index (χ3v) is 5.96. The molecule has 0 bridgehead atoms. The molecule has 2 nitrogen and oxygen atoms in total. The first-order chi connectivity index (χ1) is 7.20. The van der Waals surface area contributed by atoms with Crippen LogP contribution in [-0.2, 0) is 0 Å². The Bertz CT molecular complexity index is 326. The Hall–Kier alpha value is -0.350. The fourth-order valence-electron chi connectivity index (χ4n) is 1.61. The Labute approximate surface area is 98.2 Å². The van der Waals surface area contributed by atoms with Gasteiger partial charge in [-0.15, -0.1) is 23.5 Å². The molecule has 0 spiro atoms. The molecule has 0 saturated carbocycles. The molecule has 1 fully saturated rings. The largest absolute Gasteiger partial charge is 0.472 e.